The van der Waals surface area contributed by atoms with Gasteiger partial charge in [0.25, 0.3) is 0 Å². The van der Waals surface area contributed by atoms with Gasteiger partial charge >= 0.3 is 0 Å². The molecule has 0 bridgehead atoms. The van der Waals surface area contributed by atoms with Crippen molar-refractivity contribution in [2.45, 2.75) is 0 Å². The third kappa shape index (κ3) is 4.44. The van der Waals surface area contributed by atoms with Gasteiger partial charge in [0.1, 0.15) is 5.84 Å². The first kappa shape index (κ1) is 27.5. The van der Waals surface area contributed by atoms with E-state index in [0.717, 1.165) is 38.7 Å². The van der Waals surface area contributed by atoms with E-state index in [0.29, 0.717) is 5.84 Å². The molecule has 0 aliphatic heterocycles. The van der Waals surface area contributed by atoms with Gasteiger partial charge in [-0.05, 0) is 77.5 Å². The van der Waals surface area contributed by atoms with Gasteiger partial charge in [-0.25, -0.2) is 0 Å². The molecule has 0 unspecified atom stereocenters. The highest BCUT2D eigenvalue weighted by molar-refractivity contribution is 6.25. The van der Waals surface area contributed by atoms with Crippen molar-refractivity contribution in [2.24, 2.45) is 0 Å². The summed E-state index contributed by atoms with van der Waals surface area (Å²) in [6, 6.07) is 49.2. The van der Waals surface area contributed by atoms with E-state index in [9.17, 15) is 0 Å². The molecule has 0 saturated heterocycles. The molecule has 8 rings (SSSR count). The minimum Gasteiger partial charge on any atom is -0.329 e. The lowest BCUT2D eigenvalue weighted by molar-refractivity contribution is 0.714. The van der Waals surface area contributed by atoms with Crippen LogP contribution in [-0.2, 0) is 0 Å². The van der Waals surface area contributed by atoms with Crippen LogP contribution in [0.5, 0.6) is 0 Å². The van der Waals surface area contributed by atoms with Crippen molar-refractivity contribution < 1.29 is 0 Å². The summed E-state index contributed by atoms with van der Waals surface area (Å²) in [7, 11) is 1.89. The lowest BCUT2D eigenvalue weighted by Gasteiger charge is -2.23. The first-order chi connectivity index (χ1) is 22.6. The van der Waals surface area contributed by atoms with Crippen LogP contribution < -0.4 is 0 Å². The quantitative estimate of drug-likeness (QED) is 0.0939. The first-order valence-electron chi connectivity index (χ1n) is 15.5. The molecule has 1 aromatic heterocycles. The van der Waals surface area contributed by atoms with Crippen LogP contribution in [0.3, 0.4) is 0 Å². The van der Waals surface area contributed by atoms with E-state index < -0.39 is 0 Å². The van der Waals surface area contributed by atoms with Crippen LogP contribution in [0.25, 0.3) is 71.0 Å². The maximum atomic E-state index is 9.11. The molecule has 0 spiro atoms. The predicted molar refractivity (Wildman–Crippen MR) is 195 cm³/mol. The molecule has 1 N–H and O–H groups in total. The summed E-state index contributed by atoms with van der Waals surface area (Å²) in [5.74, 6) is 0.344. The number of hydrogen-bond acceptors (Lipinski definition) is 2. The molecule has 0 fully saturated rings. The number of nitrogens with zero attached hydrogens (tertiary/aromatic N) is 2. The molecule has 0 radical (unpaired) electrons. The zero-order valence-corrected chi connectivity index (χ0v) is 25.5. The highest BCUT2D eigenvalue weighted by Gasteiger charge is 2.20. The molecule has 46 heavy (non-hydrogen) atoms. The Morgan fingerprint density at radius 2 is 1.07 bits per heavy atom. The largest absolute Gasteiger partial charge is 0.329 e. The van der Waals surface area contributed by atoms with Crippen molar-refractivity contribution in [3.8, 4) is 22.3 Å². The lowest BCUT2D eigenvalue weighted by atomic mass is 9.84. The second kappa shape index (κ2) is 11.1. The fourth-order valence-corrected chi connectivity index (χ4v) is 6.85. The summed E-state index contributed by atoms with van der Waals surface area (Å²) < 4.78 is 0. The van der Waals surface area contributed by atoms with E-state index in [1.165, 1.54) is 43.4 Å². The summed E-state index contributed by atoms with van der Waals surface area (Å²) >= 11 is 0. The zero-order valence-electron chi connectivity index (χ0n) is 25.5. The topological polar surface area (TPSA) is 40.0 Å². The molecule has 0 amide bonds. The molecular weight excluding hydrogens is 558 g/mol. The second-order valence-electron chi connectivity index (χ2n) is 11.7. The van der Waals surface area contributed by atoms with Crippen LogP contribution in [0, 0.1) is 5.41 Å². The smallest absolute Gasteiger partial charge is 0.133 e. The second-order valence-corrected chi connectivity index (χ2v) is 11.7. The molecule has 1 heterocycles. The standard InChI is InChI=1S/C43H31N3/c1-28(29-14-4-3-5-15-29)46(2)43(44)32-24-31(26-45-27-32)41-36-20-10-12-22-38(36)42(39-23-13-11-21-37(39)41)40-25-30-16-6-7-17-33(30)34-18-8-9-19-35(34)40/h3-27,44H,1H2,2H3. The molecule has 3 nitrogen and oxygen atoms in total. The monoisotopic (exact) mass is 589 g/mol. The summed E-state index contributed by atoms with van der Waals surface area (Å²) in [5.41, 5.74) is 7.02. The summed E-state index contributed by atoms with van der Waals surface area (Å²) in [4.78, 5) is 6.49. The molecule has 7 aromatic carbocycles. The molecule has 8 aromatic rings. The number of amidine groups is 1. The van der Waals surface area contributed by atoms with Crippen LogP contribution in [0.2, 0.25) is 0 Å². The van der Waals surface area contributed by atoms with E-state index in [-0.39, 0.29) is 0 Å². The molecule has 0 aliphatic rings. The van der Waals surface area contributed by atoms with Crippen LogP contribution in [0.15, 0.2) is 158 Å². The van der Waals surface area contributed by atoms with Crippen molar-refractivity contribution in [3.63, 3.8) is 0 Å². The van der Waals surface area contributed by atoms with Crippen LogP contribution in [0.1, 0.15) is 11.1 Å². The van der Waals surface area contributed by atoms with Gasteiger partial charge in [-0.1, -0.05) is 134 Å². The fourth-order valence-electron chi connectivity index (χ4n) is 6.85. The van der Waals surface area contributed by atoms with Crippen molar-refractivity contribution in [2.75, 3.05) is 7.05 Å². The zero-order chi connectivity index (χ0) is 31.2. The SMILES string of the molecule is C=C(c1ccccc1)N(C)C(=N)c1cncc(-c2c3ccccc3c(-c3cc4ccccc4c4ccccc34)c3ccccc23)c1. The van der Waals surface area contributed by atoms with Crippen LogP contribution in [0.4, 0.5) is 0 Å². The average molecular weight is 590 g/mol. The van der Waals surface area contributed by atoms with Gasteiger partial charge < -0.3 is 4.90 Å². The van der Waals surface area contributed by atoms with Crippen molar-refractivity contribution in [1.82, 2.24) is 9.88 Å². The Morgan fingerprint density at radius 1 is 0.543 bits per heavy atom. The van der Waals surface area contributed by atoms with E-state index in [2.05, 4.69) is 121 Å². The predicted octanol–water partition coefficient (Wildman–Crippen LogP) is 11.0. The molecule has 0 saturated carbocycles. The van der Waals surface area contributed by atoms with Gasteiger partial charge in [-0.2, -0.15) is 0 Å². The van der Waals surface area contributed by atoms with Crippen molar-refractivity contribution in [1.29, 1.82) is 5.41 Å². The number of hydrogen-bond donors (Lipinski definition) is 1. The van der Waals surface area contributed by atoms with Gasteiger partial charge in [0.15, 0.2) is 0 Å². The Balaban J connectivity index is 1.36. The van der Waals surface area contributed by atoms with Gasteiger partial charge in [0.2, 0.25) is 0 Å². The fraction of sp³-hybridized carbons (Fsp3) is 0.0233. The van der Waals surface area contributed by atoms with Gasteiger partial charge in [0, 0.05) is 36.3 Å². The number of aromatic nitrogens is 1. The Labute approximate surface area is 268 Å². The normalized spacial score (nSPS) is 11.3. The Hall–Kier alpha value is -6.06. The highest BCUT2D eigenvalue weighted by atomic mass is 15.1. The van der Waals surface area contributed by atoms with E-state index in [1.54, 1.807) is 6.20 Å². The molecule has 0 aliphatic carbocycles. The van der Waals surface area contributed by atoms with Gasteiger partial charge in [0.05, 0.1) is 0 Å². The number of nitrogens with one attached hydrogen (secondary N) is 1. The number of pyridine rings is 1. The molecule has 3 heteroatoms. The maximum Gasteiger partial charge on any atom is 0.133 e. The van der Waals surface area contributed by atoms with Crippen molar-refractivity contribution in [3.05, 3.63) is 170 Å². The summed E-state index contributed by atoms with van der Waals surface area (Å²) in [5, 5.41) is 18.8. The molecular formula is C43H31N3. The highest BCUT2D eigenvalue weighted by Crippen LogP contribution is 2.46. The third-order valence-corrected chi connectivity index (χ3v) is 9.12. The van der Waals surface area contributed by atoms with Crippen LogP contribution in [-0.4, -0.2) is 22.8 Å². The minimum atomic E-state index is 0.344. The molecule has 0 atom stereocenters. The summed E-state index contributed by atoms with van der Waals surface area (Å²) in [6.45, 7) is 4.28. The third-order valence-electron chi connectivity index (χ3n) is 9.12. The Bertz CT molecular complexity index is 2420. The lowest BCUT2D eigenvalue weighted by Crippen LogP contribution is -2.25. The van der Waals surface area contributed by atoms with Crippen LogP contribution >= 0.6 is 0 Å². The number of rotatable bonds is 5. The van der Waals surface area contributed by atoms with Crippen molar-refractivity contribution >= 4 is 54.6 Å². The Kier molecular flexibility index (Phi) is 6.66. The van der Waals surface area contributed by atoms with E-state index in [1.807, 2.05) is 48.5 Å². The summed E-state index contributed by atoms with van der Waals surface area (Å²) in [6.07, 6.45) is 3.68. The average Bonchev–Trinajstić information content (AvgIpc) is 3.13. The number of fused-ring (bicyclic) bond motifs is 5. The minimum absolute atomic E-state index is 0.344. The maximum absolute atomic E-state index is 9.11. The number of benzene rings is 7. The Morgan fingerprint density at radius 3 is 1.72 bits per heavy atom. The van der Waals surface area contributed by atoms with E-state index >= 15 is 0 Å². The van der Waals surface area contributed by atoms with E-state index in [4.69, 9.17) is 5.41 Å². The molecule has 218 valence electrons. The van der Waals surface area contributed by atoms with Gasteiger partial charge in [-0.15, -0.1) is 0 Å². The van der Waals surface area contributed by atoms with Gasteiger partial charge in [-0.3, -0.25) is 10.4 Å². The first-order valence-corrected chi connectivity index (χ1v) is 15.5.